The van der Waals surface area contributed by atoms with Crippen LogP contribution in [0.3, 0.4) is 0 Å². The minimum Gasteiger partial charge on any atom is -0.453 e. The molecule has 2 aromatic heterocycles. The summed E-state index contributed by atoms with van der Waals surface area (Å²) in [6.07, 6.45) is 2.75. The fraction of sp³-hybridized carbons (Fsp3) is 0.0870. The zero-order valence-electron chi connectivity index (χ0n) is 16.9. The lowest BCUT2D eigenvalue weighted by Gasteiger charge is -2.10. The first-order chi connectivity index (χ1) is 15.4. The van der Waals surface area contributed by atoms with Crippen LogP contribution in [0.5, 0.6) is 11.5 Å². The third-order valence-corrected chi connectivity index (χ3v) is 4.62. The average Bonchev–Trinajstić information content (AvgIpc) is 3.22. The number of halogens is 2. The molecule has 0 radical (unpaired) electrons. The first-order valence-corrected chi connectivity index (χ1v) is 9.64. The van der Waals surface area contributed by atoms with Crippen LogP contribution in [0.15, 0.2) is 60.9 Å². The van der Waals surface area contributed by atoms with Gasteiger partial charge in [0.1, 0.15) is 23.6 Å². The van der Waals surface area contributed by atoms with Crippen molar-refractivity contribution >= 4 is 34.2 Å². The highest BCUT2D eigenvalue weighted by Crippen LogP contribution is 2.31. The largest absolute Gasteiger partial charge is 0.453 e. The average molecular weight is 436 g/mol. The number of carbonyl (C=O) groups is 2. The highest BCUT2D eigenvalue weighted by molar-refractivity contribution is 6.08. The Morgan fingerprint density at radius 3 is 2.38 bits per heavy atom. The van der Waals surface area contributed by atoms with Crippen LogP contribution < -0.4 is 15.4 Å². The van der Waals surface area contributed by atoms with Gasteiger partial charge in [-0.1, -0.05) is 0 Å². The summed E-state index contributed by atoms with van der Waals surface area (Å²) >= 11 is 0. The molecular formula is C23H18F2N4O3. The Balaban J connectivity index is 1.37. The van der Waals surface area contributed by atoms with E-state index in [4.69, 9.17) is 4.74 Å². The lowest BCUT2D eigenvalue weighted by atomic mass is 10.2. The Labute approximate surface area is 181 Å². The van der Waals surface area contributed by atoms with Crippen molar-refractivity contribution in [3.63, 3.8) is 0 Å². The Morgan fingerprint density at radius 1 is 0.938 bits per heavy atom. The molecule has 3 N–H and O–H groups in total. The summed E-state index contributed by atoms with van der Waals surface area (Å²) in [4.78, 5) is 31.3. The molecular weight excluding hydrogens is 418 g/mol. The maximum atomic E-state index is 14.5. The Bertz CT molecular complexity index is 1320. The monoisotopic (exact) mass is 436 g/mol. The predicted molar refractivity (Wildman–Crippen MR) is 116 cm³/mol. The number of fused-ring (bicyclic) bond motifs is 1. The van der Waals surface area contributed by atoms with Crippen LogP contribution in [0, 0.1) is 18.6 Å². The molecule has 2 heterocycles. The number of carbonyl (C=O) groups excluding carboxylic acids is 2. The third kappa shape index (κ3) is 4.72. The zero-order valence-corrected chi connectivity index (χ0v) is 16.9. The van der Waals surface area contributed by atoms with Gasteiger partial charge < -0.3 is 20.4 Å². The summed E-state index contributed by atoms with van der Waals surface area (Å²) in [5.74, 6) is -1.88. The number of nitrogens with zero attached hydrogens (tertiary/aromatic N) is 1. The molecule has 0 atom stereocenters. The van der Waals surface area contributed by atoms with Crippen molar-refractivity contribution in [1.29, 1.82) is 0 Å². The zero-order chi connectivity index (χ0) is 22.7. The van der Waals surface area contributed by atoms with E-state index in [1.54, 1.807) is 31.5 Å². The normalized spacial score (nSPS) is 10.7. The Morgan fingerprint density at radius 2 is 1.66 bits per heavy atom. The van der Waals surface area contributed by atoms with Crippen LogP contribution in [0.2, 0.25) is 0 Å². The number of nitrogens with one attached hydrogen (secondary N) is 3. The van der Waals surface area contributed by atoms with Gasteiger partial charge in [0.05, 0.1) is 5.39 Å². The third-order valence-electron chi connectivity index (χ3n) is 4.62. The summed E-state index contributed by atoms with van der Waals surface area (Å²) in [5, 5.41) is 5.69. The summed E-state index contributed by atoms with van der Waals surface area (Å²) in [6.45, 7) is 1.56. The SMILES string of the molecule is Cc1cc(NC(=O)CC(=O)Nc2ccc(Oc3ccnc4[nH]ccc34)c(F)c2)ccc1F. The van der Waals surface area contributed by atoms with Gasteiger partial charge in [-0.15, -0.1) is 0 Å². The number of anilines is 2. The van der Waals surface area contributed by atoms with Crippen LogP contribution in [0.1, 0.15) is 12.0 Å². The molecule has 0 spiro atoms. The standard InChI is InChI=1S/C23H18F2N4O3/c1-13-10-14(2-4-17(13)24)28-21(30)12-22(31)29-15-3-5-20(18(25)11-15)32-19-7-9-27-23-16(19)6-8-26-23/h2-11H,12H2,1H3,(H,26,27)(H,28,30)(H,29,31). The van der Waals surface area contributed by atoms with Crippen molar-refractivity contribution in [2.45, 2.75) is 13.3 Å². The molecule has 0 saturated carbocycles. The van der Waals surface area contributed by atoms with Gasteiger partial charge >= 0.3 is 0 Å². The first kappa shape index (κ1) is 21.0. The van der Waals surface area contributed by atoms with Gasteiger partial charge in [0.15, 0.2) is 11.6 Å². The number of ether oxygens (including phenoxy) is 1. The minimum absolute atomic E-state index is 0.0267. The van der Waals surface area contributed by atoms with Crippen LogP contribution in [-0.4, -0.2) is 21.8 Å². The Kier molecular flexibility index (Phi) is 5.80. The van der Waals surface area contributed by atoms with Crippen molar-refractivity contribution in [3.05, 3.63) is 78.1 Å². The number of hydrogen-bond donors (Lipinski definition) is 3. The van der Waals surface area contributed by atoms with Gasteiger partial charge in [0.2, 0.25) is 11.8 Å². The quantitative estimate of drug-likeness (QED) is 0.374. The van der Waals surface area contributed by atoms with E-state index >= 15 is 0 Å². The Hall–Kier alpha value is -4.27. The van der Waals surface area contributed by atoms with E-state index in [1.165, 1.54) is 30.3 Å². The number of pyridine rings is 1. The fourth-order valence-electron chi connectivity index (χ4n) is 3.08. The van der Waals surface area contributed by atoms with E-state index < -0.39 is 29.9 Å². The molecule has 0 bridgehead atoms. The summed E-state index contributed by atoms with van der Waals surface area (Å²) in [6, 6.07) is 11.4. The highest BCUT2D eigenvalue weighted by atomic mass is 19.1. The lowest BCUT2D eigenvalue weighted by Crippen LogP contribution is -2.21. The maximum Gasteiger partial charge on any atom is 0.233 e. The topological polar surface area (TPSA) is 96.1 Å². The van der Waals surface area contributed by atoms with E-state index in [-0.39, 0.29) is 11.4 Å². The predicted octanol–water partition coefficient (Wildman–Crippen LogP) is 4.91. The molecule has 2 aromatic carbocycles. The molecule has 0 unspecified atom stereocenters. The van der Waals surface area contributed by atoms with Crippen LogP contribution in [0.4, 0.5) is 20.2 Å². The number of aryl methyl sites for hydroxylation is 1. The number of amides is 2. The summed E-state index contributed by atoms with van der Waals surface area (Å²) in [5.41, 5.74) is 1.53. The summed E-state index contributed by atoms with van der Waals surface area (Å²) in [7, 11) is 0. The number of benzene rings is 2. The van der Waals surface area contributed by atoms with Gasteiger partial charge in [-0.3, -0.25) is 9.59 Å². The van der Waals surface area contributed by atoms with E-state index in [0.29, 0.717) is 28.0 Å². The second kappa shape index (κ2) is 8.84. The molecule has 0 fully saturated rings. The van der Waals surface area contributed by atoms with E-state index in [2.05, 4.69) is 20.6 Å². The number of aromatic nitrogens is 2. The molecule has 162 valence electrons. The molecule has 0 aliphatic rings. The molecule has 0 aliphatic carbocycles. The second-order valence-electron chi connectivity index (χ2n) is 7.03. The second-order valence-corrected chi connectivity index (χ2v) is 7.03. The van der Waals surface area contributed by atoms with Gasteiger partial charge in [-0.05, 0) is 55.0 Å². The van der Waals surface area contributed by atoms with Gasteiger partial charge in [-0.2, -0.15) is 0 Å². The number of aromatic amines is 1. The van der Waals surface area contributed by atoms with Gasteiger partial charge in [0, 0.05) is 29.8 Å². The number of hydrogen-bond acceptors (Lipinski definition) is 4. The maximum absolute atomic E-state index is 14.5. The van der Waals surface area contributed by atoms with E-state index in [1.807, 2.05) is 0 Å². The van der Waals surface area contributed by atoms with Gasteiger partial charge in [0.25, 0.3) is 0 Å². The minimum atomic E-state index is -0.686. The fourth-order valence-corrected chi connectivity index (χ4v) is 3.08. The number of rotatable bonds is 6. The van der Waals surface area contributed by atoms with Crippen molar-refractivity contribution < 1.29 is 23.1 Å². The van der Waals surface area contributed by atoms with Crippen molar-refractivity contribution in [2.75, 3.05) is 10.6 Å². The smallest absolute Gasteiger partial charge is 0.233 e. The molecule has 4 aromatic rings. The van der Waals surface area contributed by atoms with E-state index in [0.717, 1.165) is 6.07 Å². The van der Waals surface area contributed by atoms with Crippen molar-refractivity contribution in [3.8, 4) is 11.5 Å². The molecule has 0 aliphatic heterocycles. The molecule has 4 rings (SSSR count). The molecule has 32 heavy (non-hydrogen) atoms. The van der Waals surface area contributed by atoms with E-state index in [9.17, 15) is 18.4 Å². The molecule has 2 amide bonds. The molecule has 7 nitrogen and oxygen atoms in total. The van der Waals surface area contributed by atoms with Crippen LogP contribution >= 0.6 is 0 Å². The molecule has 0 saturated heterocycles. The molecule has 9 heteroatoms. The highest BCUT2D eigenvalue weighted by Gasteiger charge is 2.13. The summed E-state index contributed by atoms with van der Waals surface area (Å²) < 4.78 is 33.5. The van der Waals surface area contributed by atoms with Gasteiger partial charge in [-0.25, -0.2) is 13.8 Å². The number of H-pyrrole nitrogens is 1. The van der Waals surface area contributed by atoms with Crippen LogP contribution in [-0.2, 0) is 9.59 Å². The van der Waals surface area contributed by atoms with Crippen LogP contribution in [0.25, 0.3) is 11.0 Å². The van der Waals surface area contributed by atoms with Crippen molar-refractivity contribution in [2.24, 2.45) is 0 Å². The first-order valence-electron chi connectivity index (χ1n) is 9.64. The van der Waals surface area contributed by atoms with Crippen molar-refractivity contribution in [1.82, 2.24) is 9.97 Å². The lowest BCUT2D eigenvalue weighted by molar-refractivity contribution is -0.123.